The van der Waals surface area contributed by atoms with Crippen molar-refractivity contribution >= 4 is 40.7 Å². The second-order valence-corrected chi connectivity index (χ2v) is 7.18. The van der Waals surface area contributed by atoms with Gasteiger partial charge in [-0.05, 0) is 18.4 Å². The van der Waals surface area contributed by atoms with Crippen molar-refractivity contribution in [2.75, 3.05) is 6.61 Å². The molecule has 1 aliphatic heterocycles. The Morgan fingerprint density at radius 1 is 1.17 bits per heavy atom. The average molecular weight is 305 g/mol. The molecule has 0 N–H and O–H groups in total. The standard InChI is InChI=1S/C13H12Cl3NO/c14-13(15,16)11-17-10(9-4-2-1-3-5-9)12(6-7-12)8-18-11/h1-5,10H,6-8H2. The first-order valence-electron chi connectivity index (χ1n) is 5.84. The van der Waals surface area contributed by atoms with Crippen LogP contribution in [0.15, 0.2) is 35.3 Å². The molecule has 2 aliphatic rings. The number of rotatable bonds is 1. The van der Waals surface area contributed by atoms with Crippen molar-refractivity contribution < 1.29 is 4.74 Å². The Balaban J connectivity index is 1.99. The fourth-order valence-electron chi connectivity index (χ4n) is 2.38. The van der Waals surface area contributed by atoms with E-state index in [0.29, 0.717) is 6.61 Å². The summed E-state index contributed by atoms with van der Waals surface area (Å²) in [6.07, 6.45) is 2.23. The van der Waals surface area contributed by atoms with Crippen LogP contribution in [0.3, 0.4) is 0 Å². The minimum absolute atomic E-state index is 0.0399. The van der Waals surface area contributed by atoms with Crippen molar-refractivity contribution in [1.82, 2.24) is 0 Å². The van der Waals surface area contributed by atoms with Crippen LogP contribution in [0.25, 0.3) is 0 Å². The minimum Gasteiger partial charge on any atom is -0.477 e. The molecule has 1 aromatic carbocycles. The number of ether oxygens (including phenoxy) is 1. The molecule has 1 spiro atoms. The van der Waals surface area contributed by atoms with Crippen LogP contribution < -0.4 is 0 Å². The molecule has 1 aliphatic carbocycles. The van der Waals surface area contributed by atoms with Gasteiger partial charge in [-0.15, -0.1) is 0 Å². The van der Waals surface area contributed by atoms with Gasteiger partial charge in [-0.25, -0.2) is 4.99 Å². The fraction of sp³-hybridized carbons (Fsp3) is 0.462. The zero-order valence-corrected chi connectivity index (χ0v) is 11.8. The highest BCUT2D eigenvalue weighted by molar-refractivity contribution is 6.76. The molecule has 1 atom stereocenters. The monoisotopic (exact) mass is 303 g/mol. The summed E-state index contributed by atoms with van der Waals surface area (Å²) in [6.45, 7) is 0.583. The SMILES string of the molecule is ClC(Cl)(Cl)C1=NC(c2ccccc2)C2(CC2)CO1. The molecule has 1 saturated carbocycles. The van der Waals surface area contributed by atoms with E-state index in [2.05, 4.69) is 17.1 Å². The Kier molecular flexibility index (Phi) is 3.00. The number of hydrogen-bond donors (Lipinski definition) is 0. The van der Waals surface area contributed by atoms with Crippen molar-refractivity contribution in [2.24, 2.45) is 10.4 Å². The zero-order valence-electron chi connectivity index (χ0n) is 9.57. The van der Waals surface area contributed by atoms with E-state index in [0.717, 1.165) is 18.4 Å². The van der Waals surface area contributed by atoms with Crippen LogP contribution in [0.2, 0.25) is 0 Å². The average Bonchev–Trinajstić information content (AvgIpc) is 3.10. The molecule has 0 saturated heterocycles. The van der Waals surface area contributed by atoms with E-state index in [1.807, 2.05) is 18.2 Å². The Bertz CT molecular complexity index is 477. The molecular weight excluding hydrogens is 293 g/mol. The molecule has 5 heteroatoms. The smallest absolute Gasteiger partial charge is 0.266 e. The summed E-state index contributed by atoms with van der Waals surface area (Å²) in [5.74, 6) is 0.207. The van der Waals surface area contributed by atoms with E-state index in [1.54, 1.807) is 0 Å². The number of halogens is 3. The second-order valence-electron chi connectivity index (χ2n) is 4.90. The lowest BCUT2D eigenvalue weighted by Gasteiger charge is -2.32. The Morgan fingerprint density at radius 2 is 1.83 bits per heavy atom. The second kappa shape index (κ2) is 4.29. The number of alkyl halides is 3. The maximum absolute atomic E-state index is 5.85. The van der Waals surface area contributed by atoms with Crippen LogP contribution in [0, 0.1) is 5.41 Å². The third-order valence-electron chi connectivity index (χ3n) is 3.57. The summed E-state index contributed by atoms with van der Waals surface area (Å²) in [4.78, 5) is 4.54. The molecule has 1 unspecified atom stereocenters. The molecule has 0 bridgehead atoms. The number of hydrogen-bond acceptors (Lipinski definition) is 2. The van der Waals surface area contributed by atoms with Gasteiger partial charge >= 0.3 is 0 Å². The van der Waals surface area contributed by atoms with Gasteiger partial charge in [0.15, 0.2) is 0 Å². The molecule has 0 aromatic heterocycles. The van der Waals surface area contributed by atoms with Crippen LogP contribution in [-0.2, 0) is 4.74 Å². The molecule has 96 valence electrons. The Hall–Kier alpha value is -0.440. The molecule has 1 heterocycles. The molecule has 18 heavy (non-hydrogen) atoms. The molecular formula is C13H12Cl3NO. The first-order chi connectivity index (χ1) is 8.51. The third-order valence-corrected chi connectivity index (χ3v) is 4.06. The minimum atomic E-state index is -1.58. The molecule has 2 nitrogen and oxygen atoms in total. The van der Waals surface area contributed by atoms with Crippen molar-refractivity contribution in [2.45, 2.75) is 22.7 Å². The quantitative estimate of drug-likeness (QED) is 0.709. The number of nitrogens with zero attached hydrogens (tertiary/aromatic N) is 1. The summed E-state index contributed by atoms with van der Waals surface area (Å²) in [7, 11) is 0. The highest BCUT2D eigenvalue weighted by atomic mass is 35.6. The summed E-state index contributed by atoms with van der Waals surface area (Å²) in [6, 6.07) is 10.2. The van der Waals surface area contributed by atoms with Gasteiger partial charge in [-0.3, -0.25) is 0 Å². The van der Waals surface area contributed by atoms with Gasteiger partial charge in [0, 0.05) is 5.41 Å². The van der Waals surface area contributed by atoms with Gasteiger partial charge in [0.2, 0.25) is 5.90 Å². The normalized spacial score (nSPS) is 25.5. The number of aliphatic imine (C=N–C) groups is 1. The van der Waals surface area contributed by atoms with E-state index in [9.17, 15) is 0 Å². The summed E-state index contributed by atoms with van der Waals surface area (Å²) >= 11 is 17.6. The lowest BCUT2D eigenvalue weighted by atomic mass is 9.90. The molecule has 1 fully saturated rings. The fourth-order valence-corrected chi connectivity index (χ4v) is 2.69. The lowest BCUT2D eigenvalue weighted by molar-refractivity contribution is 0.167. The van der Waals surface area contributed by atoms with Crippen LogP contribution >= 0.6 is 34.8 Å². The zero-order chi connectivity index (χ0) is 12.8. The van der Waals surface area contributed by atoms with Crippen molar-refractivity contribution in [3.63, 3.8) is 0 Å². The van der Waals surface area contributed by atoms with Crippen molar-refractivity contribution in [3.8, 4) is 0 Å². The van der Waals surface area contributed by atoms with Crippen LogP contribution in [0.5, 0.6) is 0 Å². The van der Waals surface area contributed by atoms with Gasteiger partial charge in [0.05, 0.1) is 12.6 Å². The lowest BCUT2D eigenvalue weighted by Crippen LogP contribution is -2.34. The maximum Gasteiger partial charge on any atom is 0.266 e. The molecule has 0 amide bonds. The predicted octanol–water partition coefficient (Wildman–Crippen LogP) is 4.31. The maximum atomic E-state index is 5.85. The Labute approximate surface area is 121 Å². The van der Waals surface area contributed by atoms with Crippen LogP contribution in [-0.4, -0.2) is 16.3 Å². The molecule has 1 aromatic rings. The highest BCUT2D eigenvalue weighted by Gasteiger charge is 2.54. The third kappa shape index (κ3) is 2.22. The van der Waals surface area contributed by atoms with Gasteiger partial charge in [-0.2, -0.15) is 0 Å². The van der Waals surface area contributed by atoms with E-state index in [1.165, 1.54) is 0 Å². The topological polar surface area (TPSA) is 21.6 Å². The van der Waals surface area contributed by atoms with E-state index in [-0.39, 0.29) is 17.4 Å². The van der Waals surface area contributed by atoms with Gasteiger partial charge < -0.3 is 4.74 Å². The Morgan fingerprint density at radius 3 is 2.39 bits per heavy atom. The molecule has 3 rings (SSSR count). The van der Waals surface area contributed by atoms with Gasteiger partial charge in [-0.1, -0.05) is 65.1 Å². The van der Waals surface area contributed by atoms with E-state index < -0.39 is 3.79 Å². The first kappa shape index (κ1) is 12.6. The first-order valence-corrected chi connectivity index (χ1v) is 6.97. The van der Waals surface area contributed by atoms with Gasteiger partial charge in [0.25, 0.3) is 3.79 Å². The summed E-state index contributed by atoms with van der Waals surface area (Å²) in [5, 5.41) is 0. The van der Waals surface area contributed by atoms with Crippen LogP contribution in [0.1, 0.15) is 24.4 Å². The molecule has 0 radical (unpaired) electrons. The van der Waals surface area contributed by atoms with E-state index >= 15 is 0 Å². The van der Waals surface area contributed by atoms with E-state index in [4.69, 9.17) is 39.5 Å². The number of benzene rings is 1. The largest absolute Gasteiger partial charge is 0.477 e. The van der Waals surface area contributed by atoms with Crippen LogP contribution in [0.4, 0.5) is 0 Å². The highest BCUT2D eigenvalue weighted by Crippen LogP contribution is 2.59. The summed E-state index contributed by atoms with van der Waals surface area (Å²) < 4.78 is 3.95. The summed E-state index contributed by atoms with van der Waals surface area (Å²) in [5.41, 5.74) is 1.27. The van der Waals surface area contributed by atoms with Crippen molar-refractivity contribution in [1.29, 1.82) is 0 Å². The van der Waals surface area contributed by atoms with Crippen molar-refractivity contribution in [3.05, 3.63) is 35.9 Å². The van der Waals surface area contributed by atoms with Gasteiger partial charge in [0.1, 0.15) is 0 Å². The predicted molar refractivity (Wildman–Crippen MR) is 74.5 cm³/mol.